The Kier molecular flexibility index (Phi) is 5.95. The third-order valence-corrected chi connectivity index (χ3v) is 4.90. The van der Waals surface area contributed by atoms with Crippen molar-refractivity contribution >= 4 is 17.5 Å². The molecule has 0 bridgehead atoms. The molecule has 4 nitrogen and oxygen atoms in total. The second kappa shape index (κ2) is 8.37. The highest BCUT2D eigenvalue weighted by molar-refractivity contribution is 6.30. The van der Waals surface area contributed by atoms with Gasteiger partial charge in [0.15, 0.2) is 6.61 Å². The largest absolute Gasteiger partial charge is 0.484 e. The van der Waals surface area contributed by atoms with Gasteiger partial charge in [-0.05, 0) is 42.7 Å². The molecule has 25 heavy (non-hydrogen) atoms. The molecule has 2 aromatic carbocycles. The average molecular weight is 360 g/mol. The van der Waals surface area contributed by atoms with Crippen LogP contribution in [0.15, 0.2) is 54.6 Å². The first kappa shape index (κ1) is 17.8. The minimum atomic E-state index is -0.128. The second-order valence-electron chi connectivity index (χ2n) is 6.28. The number of rotatable bonds is 6. The number of benzene rings is 2. The molecular weight excluding hydrogens is 338 g/mol. The molecule has 1 heterocycles. The molecule has 0 aliphatic carbocycles. The van der Waals surface area contributed by atoms with Gasteiger partial charge in [0, 0.05) is 30.2 Å². The Morgan fingerprint density at radius 3 is 2.44 bits per heavy atom. The third kappa shape index (κ3) is 4.74. The molecule has 1 aliphatic rings. The standard InChI is InChI=1S/C20H22ClNO3/c21-17-6-8-18(9-7-17)25-14-19(23)22-15-20(10-12-24-13-11-20)16-4-2-1-3-5-16/h1-9H,10-15H2,(H,22,23). The lowest BCUT2D eigenvalue weighted by atomic mass is 9.74. The molecule has 0 aromatic heterocycles. The molecule has 3 rings (SSSR count). The van der Waals surface area contributed by atoms with Crippen molar-refractivity contribution in [2.75, 3.05) is 26.4 Å². The highest BCUT2D eigenvalue weighted by Crippen LogP contribution is 2.34. The van der Waals surface area contributed by atoms with Crippen molar-refractivity contribution < 1.29 is 14.3 Å². The van der Waals surface area contributed by atoms with E-state index in [2.05, 4.69) is 17.4 Å². The van der Waals surface area contributed by atoms with E-state index >= 15 is 0 Å². The first-order chi connectivity index (χ1) is 12.2. The molecule has 1 amide bonds. The molecule has 1 saturated heterocycles. The van der Waals surface area contributed by atoms with Gasteiger partial charge < -0.3 is 14.8 Å². The first-order valence-corrected chi connectivity index (χ1v) is 8.84. The van der Waals surface area contributed by atoms with Gasteiger partial charge in [0.05, 0.1) is 0 Å². The number of halogens is 1. The van der Waals surface area contributed by atoms with Crippen molar-refractivity contribution in [1.29, 1.82) is 0 Å². The molecule has 0 atom stereocenters. The van der Waals surface area contributed by atoms with Crippen LogP contribution in [0.2, 0.25) is 5.02 Å². The zero-order valence-corrected chi connectivity index (χ0v) is 14.8. The molecule has 0 unspecified atom stereocenters. The number of carbonyl (C=O) groups is 1. The summed E-state index contributed by atoms with van der Waals surface area (Å²) in [5.74, 6) is 0.500. The van der Waals surface area contributed by atoms with Crippen LogP contribution in [0.4, 0.5) is 0 Å². The van der Waals surface area contributed by atoms with E-state index < -0.39 is 0 Å². The number of hydrogen-bond donors (Lipinski definition) is 1. The van der Waals surface area contributed by atoms with E-state index in [1.165, 1.54) is 5.56 Å². The Bertz CT molecular complexity index is 682. The normalized spacial score (nSPS) is 16.2. The lowest BCUT2D eigenvalue weighted by molar-refractivity contribution is -0.123. The minimum absolute atomic E-state index is 0.0109. The van der Waals surface area contributed by atoms with Crippen molar-refractivity contribution in [3.05, 3.63) is 65.2 Å². The Hall–Kier alpha value is -2.04. The fraction of sp³-hybridized carbons (Fsp3) is 0.350. The van der Waals surface area contributed by atoms with Crippen LogP contribution < -0.4 is 10.1 Å². The zero-order valence-electron chi connectivity index (χ0n) is 14.0. The lowest BCUT2D eigenvalue weighted by Gasteiger charge is -2.38. The minimum Gasteiger partial charge on any atom is -0.484 e. The topological polar surface area (TPSA) is 47.6 Å². The lowest BCUT2D eigenvalue weighted by Crippen LogP contribution is -2.45. The van der Waals surface area contributed by atoms with Gasteiger partial charge in [-0.25, -0.2) is 0 Å². The Balaban J connectivity index is 1.57. The number of ether oxygens (including phenoxy) is 2. The van der Waals surface area contributed by atoms with Gasteiger partial charge in [-0.15, -0.1) is 0 Å². The van der Waals surface area contributed by atoms with Crippen LogP contribution in [0.1, 0.15) is 18.4 Å². The summed E-state index contributed by atoms with van der Waals surface area (Å²) in [5.41, 5.74) is 1.17. The molecule has 0 radical (unpaired) electrons. The van der Waals surface area contributed by atoms with Gasteiger partial charge >= 0.3 is 0 Å². The Morgan fingerprint density at radius 1 is 1.08 bits per heavy atom. The van der Waals surface area contributed by atoms with E-state index in [1.807, 2.05) is 18.2 Å². The molecule has 0 saturated carbocycles. The predicted molar refractivity (Wildman–Crippen MR) is 98.1 cm³/mol. The first-order valence-electron chi connectivity index (χ1n) is 8.46. The maximum atomic E-state index is 12.2. The van der Waals surface area contributed by atoms with E-state index in [9.17, 15) is 4.79 Å². The monoisotopic (exact) mass is 359 g/mol. The van der Waals surface area contributed by atoms with Crippen LogP contribution >= 0.6 is 11.6 Å². The number of amides is 1. The van der Waals surface area contributed by atoms with E-state index in [1.54, 1.807) is 24.3 Å². The fourth-order valence-electron chi connectivity index (χ4n) is 3.12. The summed E-state index contributed by atoms with van der Waals surface area (Å²) in [5, 5.41) is 3.67. The number of nitrogens with one attached hydrogen (secondary N) is 1. The molecule has 0 spiro atoms. The highest BCUT2D eigenvalue weighted by atomic mass is 35.5. The summed E-state index contributed by atoms with van der Waals surface area (Å²) in [6.45, 7) is 2.00. The summed E-state index contributed by atoms with van der Waals surface area (Å²) < 4.78 is 11.0. The Morgan fingerprint density at radius 2 is 1.76 bits per heavy atom. The fourth-order valence-corrected chi connectivity index (χ4v) is 3.25. The van der Waals surface area contributed by atoms with Crippen molar-refractivity contribution in [2.24, 2.45) is 0 Å². The summed E-state index contributed by atoms with van der Waals surface area (Å²) in [6.07, 6.45) is 1.80. The van der Waals surface area contributed by atoms with E-state index in [-0.39, 0.29) is 17.9 Å². The van der Waals surface area contributed by atoms with Crippen LogP contribution in [-0.4, -0.2) is 32.3 Å². The Labute approximate surface area is 153 Å². The van der Waals surface area contributed by atoms with Crippen molar-refractivity contribution in [3.8, 4) is 5.75 Å². The second-order valence-corrected chi connectivity index (χ2v) is 6.71. The zero-order chi connectivity index (χ0) is 17.5. The number of carbonyl (C=O) groups excluding carboxylic acids is 1. The maximum Gasteiger partial charge on any atom is 0.257 e. The SMILES string of the molecule is O=C(COc1ccc(Cl)cc1)NCC1(c2ccccc2)CCOCC1. The molecule has 1 aliphatic heterocycles. The van der Waals surface area contributed by atoms with Crippen LogP contribution in [-0.2, 0) is 14.9 Å². The van der Waals surface area contributed by atoms with Crippen molar-refractivity contribution in [3.63, 3.8) is 0 Å². The molecule has 1 fully saturated rings. The molecule has 132 valence electrons. The summed E-state index contributed by atoms with van der Waals surface area (Å²) >= 11 is 5.84. The van der Waals surface area contributed by atoms with Crippen molar-refractivity contribution in [1.82, 2.24) is 5.32 Å². The quantitative estimate of drug-likeness (QED) is 0.857. The van der Waals surface area contributed by atoms with Crippen molar-refractivity contribution in [2.45, 2.75) is 18.3 Å². The molecule has 5 heteroatoms. The highest BCUT2D eigenvalue weighted by Gasteiger charge is 2.34. The summed E-state index contributed by atoms with van der Waals surface area (Å²) in [4.78, 5) is 12.2. The van der Waals surface area contributed by atoms with E-state index in [0.29, 0.717) is 30.5 Å². The maximum absolute atomic E-state index is 12.2. The van der Waals surface area contributed by atoms with Crippen LogP contribution in [0.3, 0.4) is 0 Å². The average Bonchev–Trinajstić information content (AvgIpc) is 2.67. The summed E-state index contributed by atoms with van der Waals surface area (Å²) in [6, 6.07) is 17.3. The smallest absolute Gasteiger partial charge is 0.257 e. The van der Waals surface area contributed by atoms with Gasteiger partial charge in [0.2, 0.25) is 0 Å². The van der Waals surface area contributed by atoms with Gasteiger partial charge in [-0.3, -0.25) is 4.79 Å². The summed E-state index contributed by atoms with van der Waals surface area (Å²) in [7, 11) is 0. The predicted octanol–water partition coefficient (Wildman–Crippen LogP) is 3.58. The van der Waals surface area contributed by atoms with Crippen LogP contribution in [0, 0.1) is 0 Å². The van der Waals surface area contributed by atoms with Gasteiger partial charge in [-0.1, -0.05) is 41.9 Å². The number of hydrogen-bond acceptors (Lipinski definition) is 3. The van der Waals surface area contributed by atoms with Gasteiger partial charge in [0.25, 0.3) is 5.91 Å². The third-order valence-electron chi connectivity index (χ3n) is 4.64. The van der Waals surface area contributed by atoms with Gasteiger partial charge in [0.1, 0.15) is 5.75 Å². The molecule has 1 N–H and O–H groups in total. The van der Waals surface area contributed by atoms with Crippen LogP contribution in [0.25, 0.3) is 0 Å². The van der Waals surface area contributed by atoms with E-state index in [4.69, 9.17) is 21.1 Å². The van der Waals surface area contributed by atoms with Gasteiger partial charge in [-0.2, -0.15) is 0 Å². The molecular formula is C20H22ClNO3. The molecule has 2 aromatic rings. The van der Waals surface area contributed by atoms with Crippen LogP contribution in [0.5, 0.6) is 5.75 Å². The van der Waals surface area contributed by atoms with E-state index in [0.717, 1.165) is 12.8 Å².